The molecule has 32 heavy (non-hydrogen) atoms. The molecule has 2 heterocycles. The maximum absolute atomic E-state index is 13.0. The molecule has 1 N–H and O–H groups in total. The quantitative estimate of drug-likeness (QED) is 0.628. The van der Waals surface area contributed by atoms with Gasteiger partial charge in [0.05, 0.1) is 0 Å². The van der Waals surface area contributed by atoms with Crippen LogP contribution >= 0.6 is 0 Å². The summed E-state index contributed by atoms with van der Waals surface area (Å²) in [4.78, 5) is 35.7. The number of amides is 2. The monoisotopic (exact) mass is 426 g/mol. The lowest BCUT2D eigenvalue weighted by Gasteiger charge is -2.27. The summed E-state index contributed by atoms with van der Waals surface area (Å²) in [5, 5.41) is 2.94. The third-order valence-corrected chi connectivity index (χ3v) is 5.58. The molecule has 1 aromatic heterocycles. The van der Waals surface area contributed by atoms with Crippen molar-refractivity contribution >= 4 is 23.6 Å². The number of benzene rings is 2. The van der Waals surface area contributed by atoms with Crippen molar-refractivity contribution in [1.82, 2.24) is 15.3 Å². The van der Waals surface area contributed by atoms with Gasteiger partial charge in [-0.3, -0.25) is 9.59 Å². The van der Waals surface area contributed by atoms with Crippen LogP contribution in [0.2, 0.25) is 0 Å². The Kier molecular flexibility index (Phi) is 6.40. The van der Waals surface area contributed by atoms with Crippen LogP contribution in [-0.4, -0.2) is 28.3 Å². The molecule has 0 unspecified atom stereocenters. The lowest BCUT2D eigenvalue weighted by molar-refractivity contribution is -0.119. The summed E-state index contributed by atoms with van der Waals surface area (Å²) in [6.07, 6.45) is 7.60. The highest BCUT2D eigenvalue weighted by molar-refractivity contribution is 6.00. The van der Waals surface area contributed by atoms with E-state index in [1.807, 2.05) is 43.3 Å². The number of aromatic nitrogens is 2. The van der Waals surface area contributed by atoms with Crippen LogP contribution in [0.1, 0.15) is 46.6 Å². The Hall–Kier alpha value is -3.80. The van der Waals surface area contributed by atoms with Gasteiger partial charge in [0, 0.05) is 48.7 Å². The topological polar surface area (TPSA) is 75.2 Å². The summed E-state index contributed by atoms with van der Waals surface area (Å²) < 4.78 is 0. The Morgan fingerprint density at radius 3 is 2.53 bits per heavy atom. The third-order valence-electron chi connectivity index (χ3n) is 5.58. The molecule has 1 saturated heterocycles. The number of hydrogen-bond acceptors (Lipinski definition) is 4. The first-order valence-corrected chi connectivity index (χ1v) is 10.8. The zero-order chi connectivity index (χ0) is 22.5. The first kappa shape index (κ1) is 21.4. The molecule has 6 nitrogen and oxygen atoms in total. The number of piperidine rings is 1. The molecule has 4 rings (SSSR count). The van der Waals surface area contributed by atoms with E-state index in [2.05, 4.69) is 21.9 Å². The molecular weight excluding hydrogens is 400 g/mol. The van der Waals surface area contributed by atoms with E-state index in [-0.39, 0.29) is 11.8 Å². The van der Waals surface area contributed by atoms with Crippen LogP contribution < -0.4 is 10.2 Å². The van der Waals surface area contributed by atoms with E-state index in [0.29, 0.717) is 30.9 Å². The molecule has 0 spiro atoms. The molecule has 0 radical (unpaired) electrons. The number of anilines is 1. The first-order chi connectivity index (χ1) is 15.5. The van der Waals surface area contributed by atoms with Crippen molar-refractivity contribution < 1.29 is 9.59 Å². The van der Waals surface area contributed by atoms with Crippen LogP contribution in [0.5, 0.6) is 0 Å². The van der Waals surface area contributed by atoms with Crippen molar-refractivity contribution in [2.45, 2.75) is 32.7 Å². The fourth-order valence-corrected chi connectivity index (χ4v) is 3.75. The Morgan fingerprint density at radius 1 is 1.09 bits per heavy atom. The molecular formula is C26H26N4O2. The van der Waals surface area contributed by atoms with E-state index in [9.17, 15) is 9.59 Å². The molecule has 1 aliphatic rings. The van der Waals surface area contributed by atoms with Gasteiger partial charge in [-0.2, -0.15) is 0 Å². The van der Waals surface area contributed by atoms with E-state index >= 15 is 0 Å². The molecule has 3 aromatic rings. The van der Waals surface area contributed by atoms with Gasteiger partial charge in [0.1, 0.15) is 5.82 Å². The van der Waals surface area contributed by atoms with Gasteiger partial charge in [-0.25, -0.2) is 9.97 Å². The van der Waals surface area contributed by atoms with Gasteiger partial charge in [0.15, 0.2) is 0 Å². The second-order valence-corrected chi connectivity index (χ2v) is 7.92. The largest absolute Gasteiger partial charge is 0.348 e. The molecule has 6 heteroatoms. The summed E-state index contributed by atoms with van der Waals surface area (Å²) in [7, 11) is 0. The van der Waals surface area contributed by atoms with Gasteiger partial charge >= 0.3 is 0 Å². The highest BCUT2D eigenvalue weighted by atomic mass is 16.2. The Morgan fingerprint density at radius 2 is 1.84 bits per heavy atom. The normalized spacial score (nSPS) is 13.7. The number of carbonyl (C=O) groups is 2. The van der Waals surface area contributed by atoms with Crippen LogP contribution in [0.25, 0.3) is 17.2 Å². The Bertz CT molecular complexity index is 1140. The van der Waals surface area contributed by atoms with Crippen molar-refractivity contribution in [2.75, 3.05) is 11.4 Å². The van der Waals surface area contributed by atoms with Gasteiger partial charge in [0.2, 0.25) is 5.91 Å². The minimum absolute atomic E-state index is 0.0959. The molecule has 0 aliphatic carbocycles. The predicted octanol–water partition coefficient (Wildman–Crippen LogP) is 4.54. The first-order valence-electron chi connectivity index (χ1n) is 10.8. The molecule has 0 bridgehead atoms. The standard InChI is InChI=1S/C26H26N4O2/c1-3-19-7-9-21(10-8-19)22-12-23(14-24(13-22)30-11-5-4-6-25(30)31)26(32)29-17-20-15-27-18(2)28-16-20/h3,7-10,12-16H,1,4-6,11,17H2,2H3,(H,29,32). The maximum Gasteiger partial charge on any atom is 0.251 e. The Balaban J connectivity index is 1.65. The molecule has 2 amide bonds. The zero-order valence-electron chi connectivity index (χ0n) is 18.2. The van der Waals surface area contributed by atoms with E-state index in [1.54, 1.807) is 29.4 Å². The number of nitrogens with zero attached hydrogens (tertiary/aromatic N) is 3. The summed E-state index contributed by atoms with van der Waals surface area (Å²) in [6, 6.07) is 13.6. The van der Waals surface area contributed by atoms with E-state index in [4.69, 9.17) is 0 Å². The molecule has 1 fully saturated rings. The average molecular weight is 427 g/mol. The molecule has 2 aromatic carbocycles. The summed E-state index contributed by atoms with van der Waals surface area (Å²) in [5.74, 6) is 0.575. The smallest absolute Gasteiger partial charge is 0.251 e. The van der Waals surface area contributed by atoms with Gasteiger partial charge in [0.25, 0.3) is 5.91 Å². The molecule has 0 atom stereocenters. The third kappa shape index (κ3) is 4.91. The number of rotatable bonds is 6. The minimum atomic E-state index is -0.208. The van der Waals surface area contributed by atoms with Crippen molar-refractivity contribution in [3.63, 3.8) is 0 Å². The lowest BCUT2D eigenvalue weighted by atomic mass is 9.99. The SMILES string of the molecule is C=Cc1ccc(-c2cc(C(=O)NCc3cnc(C)nc3)cc(N3CCCCC3=O)c2)cc1. The van der Waals surface area contributed by atoms with Crippen molar-refractivity contribution in [2.24, 2.45) is 0 Å². The van der Waals surface area contributed by atoms with Crippen molar-refractivity contribution in [1.29, 1.82) is 0 Å². The second-order valence-electron chi connectivity index (χ2n) is 7.92. The fourth-order valence-electron chi connectivity index (χ4n) is 3.75. The zero-order valence-corrected chi connectivity index (χ0v) is 18.2. The number of carbonyl (C=O) groups excluding carboxylic acids is 2. The van der Waals surface area contributed by atoms with E-state index < -0.39 is 0 Å². The highest BCUT2D eigenvalue weighted by Gasteiger charge is 2.21. The average Bonchev–Trinajstić information content (AvgIpc) is 2.83. The molecule has 162 valence electrons. The fraction of sp³-hybridized carbons (Fsp3) is 0.231. The van der Waals surface area contributed by atoms with Crippen LogP contribution in [0.3, 0.4) is 0 Å². The van der Waals surface area contributed by atoms with Crippen LogP contribution in [0, 0.1) is 6.92 Å². The highest BCUT2D eigenvalue weighted by Crippen LogP contribution is 2.29. The summed E-state index contributed by atoms with van der Waals surface area (Å²) in [6.45, 7) is 6.61. The second kappa shape index (κ2) is 9.56. The lowest BCUT2D eigenvalue weighted by Crippen LogP contribution is -2.35. The van der Waals surface area contributed by atoms with E-state index in [1.165, 1.54) is 0 Å². The van der Waals surface area contributed by atoms with Gasteiger partial charge in [-0.15, -0.1) is 0 Å². The van der Waals surface area contributed by atoms with Crippen LogP contribution in [-0.2, 0) is 11.3 Å². The van der Waals surface area contributed by atoms with Crippen molar-refractivity contribution in [3.05, 3.63) is 84.0 Å². The number of nitrogens with one attached hydrogen (secondary N) is 1. The van der Waals surface area contributed by atoms with Gasteiger partial charge < -0.3 is 10.2 Å². The van der Waals surface area contributed by atoms with E-state index in [0.717, 1.165) is 40.8 Å². The number of hydrogen-bond donors (Lipinski definition) is 1. The molecule has 1 aliphatic heterocycles. The van der Waals surface area contributed by atoms with Crippen molar-refractivity contribution in [3.8, 4) is 11.1 Å². The van der Waals surface area contributed by atoms with Crippen LogP contribution in [0.4, 0.5) is 5.69 Å². The predicted molar refractivity (Wildman–Crippen MR) is 126 cm³/mol. The van der Waals surface area contributed by atoms with Crippen LogP contribution in [0.15, 0.2) is 61.4 Å². The minimum Gasteiger partial charge on any atom is -0.348 e. The molecule has 0 saturated carbocycles. The Labute approximate surface area is 188 Å². The summed E-state index contributed by atoms with van der Waals surface area (Å²) in [5.41, 5.74) is 4.98. The summed E-state index contributed by atoms with van der Waals surface area (Å²) >= 11 is 0. The maximum atomic E-state index is 13.0. The number of aryl methyl sites for hydroxylation is 1. The van der Waals surface area contributed by atoms with Gasteiger partial charge in [-0.05, 0) is 54.7 Å². The van der Waals surface area contributed by atoms with Gasteiger partial charge in [-0.1, -0.05) is 36.9 Å².